The third kappa shape index (κ3) is 2.16. The lowest BCUT2D eigenvalue weighted by Gasteiger charge is -2.30. The number of hydrogen-bond donors (Lipinski definition) is 1. The van der Waals surface area contributed by atoms with E-state index in [9.17, 15) is 9.59 Å². The fourth-order valence-electron chi connectivity index (χ4n) is 1.61. The number of aromatic nitrogens is 2. The molecule has 0 unspecified atom stereocenters. The van der Waals surface area contributed by atoms with E-state index in [2.05, 4.69) is 4.98 Å². The van der Waals surface area contributed by atoms with E-state index in [0.29, 0.717) is 5.65 Å². The molecule has 2 heterocycles. The number of nitrogens with zero attached hydrogens (tertiary/aromatic N) is 3. The van der Waals surface area contributed by atoms with Gasteiger partial charge >= 0.3 is 5.97 Å². The SMILES string of the molecule is CN(C(=O)c1cn2ccccc2n1)C(C)(C)C(=O)O. The maximum Gasteiger partial charge on any atom is 0.329 e. The molecule has 19 heavy (non-hydrogen) atoms. The Morgan fingerprint density at radius 1 is 1.37 bits per heavy atom. The Balaban J connectivity index is 2.36. The van der Waals surface area contributed by atoms with Crippen molar-refractivity contribution < 1.29 is 14.7 Å². The normalized spacial score (nSPS) is 11.5. The van der Waals surface area contributed by atoms with Gasteiger partial charge in [-0.1, -0.05) is 6.07 Å². The summed E-state index contributed by atoms with van der Waals surface area (Å²) in [4.78, 5) is 28.8. The molecule has 100 valence electrons. The molecule has 0 radical (unpaired) electrons. The van der Waals surface area contributed by atoms with Gasteiger partial charge in [-0.2, -0.15) is 0 Å². The van der Waals surface area contributed by atoms with Gasteiger partial charge < -0.3 is 14.4 Å². The molecule has 6 nitrogen and oxygen atoms in total. The smallest absolute Gasteiger partial charge is 0.329 e. The minimum atomic E-state index is -1.28. The van der Waals surface area contributed by atoms with E-state index in [1.54, 1.807) is 22.9 Å². The molecule has 0 saturated heterocycles. The zero-order chi connectivity index (χ0) is 14.2. The highest BCUT2D eigenvalue weighted by Gasteiger charge is 2.36. The maximum absolute atomic E-state index is 12.3. The first-order valence-electron chi connectivity index (χ1n) is 5.79. The quantitative estimate of drug-likeness (QED) is 0.902. The summed E-state index contributed by atoms with van der Waals surface area (Å²) in [6, 6.07) is 5.43. The molecular formula is C13H15N3O3. The molecule has 0 aromatic carbocycles. The molecule has 2 aromatic rings. The van der Waals surface area contributed by atoms with Crippen LogP contribution < -0.4 is 0 Å². The van der Waals surface area contributed by atoms with E-state index in [1.807, 2.05) is 12.1 Å². The van der Waals surface area contributed by atoms with Gasteiger partial charge in [0.15, 0.2) is 0 Å². The van der Waals surface area contributed by atoms with Crippen LogP contribution in [0.2, 0.25) is 0 Å². The van der Waals surface area contributed by atoms with Crippen molar-refractivity contribution in [2.24, 2.45) is 0 Å². The first kappa shape index (κ1) is 13.1. The number of hydrogen-bond acceptors (Lipinski definition) is 3. The Morgan fingerprint density at radius 3 is 2.63 bits per heavy atom. The Labute approximate surface area is 110 Å². The predicted molar refractivity (Wildman–Crippen MR) is 69.0 cm³/mol. The first-order valence-corrected chi connectivity index (χ1v) is 5.79. The number of fused-ring (bicyclic) bond motifs is 1. The van der Waals surface area contributed by atoms with Crippen LogP contribution in [0, 0.1) is 0 Å². The molecule has 1 N–H and O–H groups in total. The Morgan fingerprint density at radius 2 is 2.05 bits per heavy atom. The Bertz CT molecular complexity index is 612. The van der Waals surface area contributed by atoms with Gasteiger partial charge in [-0.25, -0.2) is 9.78 Å². The van der Waals surface area contributed by atoms with Crippen molar-refractivity contribution in [2.45, 2.75) is 19.4 Å². The minimum absolute atomic E-state index is 0.225. The molecule has 0 spiro atoms. The van der Waals surface area contributed by atoms with Crippen LogP contribution in [0.15, 0.2) is 30.6 Å². The highest BCUT2D eigenvalue weighted by atomic mass is 16.4. The molecule has 0 atom stereocenters. The molecule has 2 rings (SSSR count). The summed E-state index contributed by atoms with van der Waals surface area (Å²) in [5.74, 6) is -1.48. The maximum atomic E-state index is 12.3. The number of rotatable bonds is 3. The second kappa shape index (κ2) is 4.38. The Kier molecular flexibility index (Phi) is 3.01. The van der Waals surface area contributed by atoms with Gasteiger partial charge in [0, 0.05) is 19.4 Å². The summed E-state index contributed by atoms with van der Waals surface area (Å²) < 4.78 is 1.72. The molecule has 1 amide bonds. The predicted octanol–water partition coefficient (Wildman–Crippen LogP) is 1.27. The van der Waals surface area contributed by atoms with Crippen LogP contribution >= 0.6 is 0 Å². The largest absolute Gasteiger partial charge is 0.480 e. The van der Waals surface area contributed by atoms with Crippen LogP contribution in [0.25, 0.3) is 5.65 Å². The van der Waals surface area contributed by atoms with Gasteiger partial charge in [0.1, 0.15) is 16.9 Å². The fraction of sp³-hybridized carbons (Fsp3) is 0.308. The van der Waals surface area contributed by atoms with Crippen molar-refractivity contribution in [3.8, 4) is 0 Å². The van der Waals surface area contributed by atoms with Crippen LogP contribution in [0.1, 0.15) is 24.3 Å². The molecule has 0 aliphatic rings. The second-order valence-corrected chi connectivity index (χ2v) is 4.82. The zero-order valence-electron chi connectivity index (χ0n) is 11.0. The van der Waals surface area contributed by atoms with Gasteiger partial charge in [0.2, 0.25) is 0 Å². The summed E-state index contributed by atoms with van der Waals surface area (Å²) in [6.07, 6.45) is 3.37. The van der Waals surface area contributed by atoms with E-state index < -0.39 is 17.4 Å². The molecule has 0 fully saturated rings. The fourth-order valence-corrected chi connectivity index (χ4v) is 1.61. The number of carbonyl (C=O) groups excluding carboxylic acids is 1. The van der Waals surface area contributed by atoms with E-state index in [1.165, 1.54) is 25.8 Å². The molecule has 0 saturated carbocycles. The molecule has 2 aromatic heterocycles. The summed E-state index contributed by atoms with van der Waals surface area (Å²) in [6.45, 7) is 2.95. The topological polar surface area (TPSA) is 74.9 Å². The summed E-state index contributed by atoms with van der Waals surface area (Å²) in [7, 11) is 1.46. The van der Waals surface area contributed by atoms with Crippen LogP contribution in [-0.2, 0) is 4.79 Å². The summed E-state index contributed by atoms with van der Waals surface area (Å²) >= 11 is 0. The van der Waals surface area contributed by atoms with E-state index in [-0.39, 0.29) is 5.69 Å². The van der Waals surface area contributed by atoms with Gasteiger partial charge in [0.05, 0.1) is 0 Å². The van der Waals surface area contributed by atoms with Crippen molar-refractivity contribution in [1.82, 2.24) is 14.3 Å². The number of aliphatic carboxylic acids is 1. The number of amides is 1. The van der Waals surface area contributed by atoms with E-state index in [0.717, 1.165) is 0 Å². The van der Waals surface area contributed by atoms with Crippen LogP contribution in [0.5, 0.6) is 0 Å². The van der Waals surface area contributed by atoms with Crippen molar-refractivity contribution in [2.75, 3.05) is 7.05 Å². The summed E-state index contributed by atoms with van der Waals surface area (Å²) in [5, 5.41) is 9.13. The van der Waals surface area contributed by atoms with Crippen molar-refractivity contribution >= 4 is 17.5 Å². The van der Waals surface area contributed by atoms with Gasteiger partial charge in [0.25, 0.3) is 5.91 Å². The average Bonchev–Trinajstić information content (AvgIpc) is 2.80. The molecular weight excluding hydrogens is 246 g/mol. The van der Waals surface area contributed by atoms with Gasteiger partial charge in [-0.3, -0.25) is 4.79 Å². The second-order valence-electron chi connectivity index (χ2n) is 4.82. The number of carboxylic acid groups (broad SMARTS) is 1. The van der Waals surface area contributed by atoms with E-state index in [4.69, 9.17) is 5.11 Å². The van der Waals surface area contributed by atoms with Gasteiger partial charge in [-0.15, -0.1) is 0 Å². The van der Waals surface area contributed by atoms with Crippen LogP contribution in [0.4, 0.5) is 0 Å². The molecule has 0 bridgehead atoms. The lowest BCUT2D eigenvalue weighted by molar-refractivity contribution is -0.147. The lowest BCUT2D eigenvalue weighted by atomic mass is 10.0. The lowest BCUT2D eigenvalue weighted by Crippen LogP contribution is -2.50. The van der Waals surface area contributed by atoms with Crippen molar-refractivity contribution in [3.05, 3.63) is 36.3 Å². The average molecular weight is 261 g/mol. The third-order valence-electron chi connectivity index (χ3n) is 3.25. The minimum Gasteiger partial charge on any atom is -0.480 e. The van der Waals surface area contributed by atoms with Crippen LogP contribution in [-0.4, -0.2) is 43.9 Å². The van der Waals surface area contributed by atoms with Gasteiger partial charge in [-0.05, 0) is 26.0 Å². The van der Waals surface area contributed by atoms with Crippen molar-refractivity contribution in [3.63, 3.8) is 0 Å². The number of pyridine rings is 1. The number of likely N-dealkylation sites (N-methyl/N-ethyl adjacent to an activating group) is 1. The third-order valence-corrected chi connectivity index (χ3v) is 3.25. The van der Waals surface area contributed by atoms with E-state index >= 15 is 0 Å². The van der Waals surface area contributed by atoms with Crippen molar-refractivity contribution in [1.29, 1.82) is 0 Å². The molecule has 0 aliphatic carbocycles. The van der Waals surface area contributed by atoms with Crippen LogP contribution in [0.3, 0.4) is 0 Å². The zero-order valence-corrected chi connectivity index (χ0v) is 11.0. The summed E-state index contributed by atoms with van der Waals surface area (Å²) in [5.41, 5.74) is -0.414. The number of imidazole rings is 1. The standard InChI is InChI=1S/C13H15N3O3/c1-13(2,12(18)19)15(3)11(17)9-8-16-7-5-4-6-10(16)14-9/h4-8H,1-3H3,(H,18,19). The monoisotopic (exact) mass is 261 g/mol. The highest BCUT2D eigenvalue weighted by Crippen LogP contribution is 2.16. The molecule has 0 aliphatic heterocycles. The highest BCUT2D eigenvalue weighted by molar-refractivity contribution is 5.96. The first-order chi connectivity index (χ1) is 8.84. The molecule has 6 heteroatoms. The Hall–Kier alpha value is -2.37. The number of carbonyl (C=O) groups is 2. The number of carboxylic acids is 1.